The highest BCUT2D eigenvalue weighted by Gasteiger charge is 2.50. The predicted molar refractivity (Wildman–Crippen MR) is 304 cm³/mol. The van der Waals surface area contributed by atoms with Crippen molar-refractivity contribution in [3.63, 3.8) is 0 Å². The molecule has 0 saturated carbocycles. The fourth-order valence-electron chi connectivity index (χ4n) is 9.89. The maximum atomic E-state index is 14.4. The number of piperidine rings is 1. The molecule has 7 N–H and O–H groups in total. The summed E-state index contributed by atoms with van der Waals surface area (Å²) < 4.78 is 12.8. The molecule has 0 bridgehead atoms. The molecule has 0 unspecified atom stereocenters. The highest BCUT2D eigenvalue weighted by Crippen LogP contribution is 2.38. The van der Waals surface area contributed by atoms with Gasteiger partial charge in [0.1, 0.15) is 41.3 Å². The summed E-state index contributed by atoms with van der Waals surface area (Å²) in [5.74, 6) is -3.18. The third-order valence-corrected chi connectivity index (χ3v) is 14.5. The van der Waals surface area contributed by atoms with Gasteiger partial charge in [0.25, 0.3) is 11.8 Å². The molecule has 7 rings (SSSR count). The van der Waals surface area contributed by atoms with E-state index in [0.29, 0.717) is 49.0 Å². The number of nitrogens with one attached hydrogen (secondary N) is 5. The zero-order valence-corrected chi connectivity index (χ0v) is 47.5. The lowest BCUT2D eigenvalue weighted by Gasteiger charge is -2.32. The number of aryl methyl sites for hydroxylation is 1. The molecule has 2 fully saturated rings. The summed E-state index contributed by atoms with van der Waals surface area (Å²) in [6, 6.07) is 23.7. The fourth-order valence-corrected chi connectivity index (χ4v) is 9.89. The Hall–Kier alpha value is -8.13. The first kappa shape index (κ1) is 60.5. The number of Topliss-reactive ketones (excluding diaryl/α,β-unsaturated/α-hetero) is 1. The second-order valence-corrected chi connectivity index (χ2v) is 22.3. The molecule has 3 heterocycles. The van der Waals surface area contributed by atoms with Gasteiger partial charge in [0.2, 0.25) is 23.5 Å². The number of hydrogen-bond acceptors (Lipinski definition) is 13. The Morgan fingerprint density at radius 3 is 1.86 bits per heavy atom. The number of ketones is 1. The lowest BCUT2D eigenvalue weighted by Crippen LogP contribution is -2.59. The lowest BCUT2D eigenvalue weighted by atomic mass is 9.93. The van der Waals surface area contributed by atoms with Crippen LogP contribution in [0.4, 0.5) is 4.79 Å². The molecule has 4 aromatic carbocycles. The Morgan fingerprint density at radius 2 is 1.27 bits per heavy atom. The van der Waals surface area contributed by atoms with Crippen LogP contribution in [0.25, 0.3) is 17.1 Å². The highest BCUT2D eigenvalue weighted by atomic mass is 16.6. The Balaban J connectivity index is 1.01. The molecule has 0 radical (unpaired) electrons. The van der Waals surface area contributed by atoms with Crippen molar-refractivity contribution in [1.82, 2.24) is 46.2 Å². The van der Waals surface area contributed by atoms with Gasteiger partial charge < -0.3 is 51.2 Å². The number of ether oxygens (including phenoxy) is 2. The number of rotatable bonds is 25. The number of benzene rings is 4. The van der Waals surface area contributed by atoms with Crippen LogP contribution in [0.2, 0.25) is 0 Å². The van der Waals surface area contributed by atoms with Crippen LogP contribution < -0.4 is 26.6 Å². The number of likely N-dealkylation sites (tertiary alicyclic amines) is 1. The minimum Gasteiger partial charge on any atom is -0.508 e. The van der Waals surface area contributed by atoms with E-state index in [2.05, 4.69) is 36.8 Å². The first-order valence-electron chi connectivity index (χ1n) is 28.0. The van der Waals surface area contributed by atoms with Gasteiger partial charge in [-0.25, -0.2) is 4.79 Å². The SMILES string of the molecule is CCNC(=O)c1nnc(-c2cc(C(C)C)c(O)cc2O)n1-c1ccc(C(=O)N2CCC(OC(=O)N[C@@H](CCc3ccccc3)C(=O)N[C@@H](CC(C)C)C(=O)N[C@@H](Cc3ccccc3)C(=O)N[C@@H](CC(C)C)C(=O)[C@@]3(C)CO3)CC2)cc1. The van der Waals surface area contributed by atoms with Crippen molar-refractivity contribution in [2.75, 3.05) is 26.2 Å². The molecular weight excluding hydrogens is 1030 g/mol. The van der Waals surface area contributed by atoms with E-state index in [1.165, 1.54) is 10.6 Å². The van der Waals surface area contributed by atoms with E-state index >= 15 is 0 Å². The van der Waals surface area contributed by atoms with E-state index in [0.717, 1.165) is 11.1 Å². The zero-order valence-electron chi connectivity index (χ0n) is 47.5. The smallest absolute Gasteiger partial charge is 0.408 e. The molecule has 432 valence electrons. The van der Waals surface area contributed by atoms with Crippen LogP contribution in [-0.2, 0) is 41.5 Å². The number of phenols is 2. The summed E-state index contributed by atoms with van der Waals surface area (Å²) >= 11 is 0. The zero-order chi connectivity index (χ0) is 58.5. The average molecular weight is 1110 g/mol. The summed E-state index contributed by atoms with van der Waals surface area (Å²) in [6.07, 6.45) is 0.409. The van der Waals surface area contributed by atoms with E-state index in [1.54, 1.807) is 49.1 Å². The fraction of sp³-hybridized carbons (Fsp3) is 0.459. The predicted octanol–water partition coefficient (Wildman–Crippen LogP) is 6.70. The highest BCUT2D eigenvalue weighted by molar-refractivity contribution is 5.99. The molecule has 0 aliphatic carbocycles. The molecule has 20 nitrogen and oxygen atoms in total. The summed E-state index contributed by atoms with van der Waals surface area (Å²) in [5.41, 5.74) is 2.30. The minimum atomic E-state index is -1.14. The number of aromatic nitrogens is 3. The van der Waals surface area contributed by atoms with E-state index < -0.39 is 65.6 Å². The average Bonchev–Trinajstić information content (AvgIpc) is 4.28. The molecule has 81 heavy (non-hydrogen) atoms. The van der Waals surface area contributed by atoms with E-state index in [9.17, 15) is 43.8 Å². The van der Waals surface area contributed by atoms with Gasteiger partial charge in [-0.1, -0.05) is 102 Å². The molecule has 6 amide bonds. The van der Waals surface area contributed by atoms with Crippen LogP contribution in [0.1, 0.15) is 131 Å². The number of hydrogen-bond donors (Lipinski definition) is 7. The standard InChI is InChI=1S/C61H77N9O11/c1-9-62-58(77)54-68-67-53(45-33-44(38(6)7)50(71)34-51(45)72)70(54)42-23-21-41(22-24-42)59(78)69-28-26-43(27-29-69)81-60(79)66-46(25-20-39-16-12-10-13-17-39)55(74)64-48(31-37(4)5)56(75)65-49(32-40-18-14-11-15-19-40)57(76)63-47(30-36(2)3)52(73)61(8)35-80-61/h10-19,21-24,33-34,36-38,43,46-49,71-72H,9,20,25-32,35H2,1-8H3,(H,62,77)(H,63,76)(H,64,74)(H,65,75)(H,66,79)/t46-,47-,48-,49-,61+/m0/s1. The summed E-state index contributed by atoms with van der Waals surface area (Å²) in [6.45, 7) is 16.0. The van der Waals surface area contributed by atoms with Crippen molar-refractivity contribution in [1.29, 1.82) is 0 Å². The Labute approximate surface area is 473 Å². The molecule has 2 saturated heterocycles. The minimum absolute atomic E-state index is 0.0518. The van der Waals surface area contributed by atoms with E-state index in [-0.39, 0.29) is 97.1 Å². The monoisotopic (exact) mass is 1110 g/mol. The Morgan fingerprint density at radius 1 is 0.704 bits per heavy atom. The first-order chi connectivity index (χ1) is 38.6. The van der Waals surface area contributed by atoms with Crippen LogP contribution in [0.3, 0.4) is 0 Å². The molecule has 1 aromatic heterocycles. The van der Waals surface area contributed by atoms with Crippen molar-refractivity contribution in [2.24, 2.45) is 11.8 Å². The van der Waals surface area contributed by atoms with Crippen LogP contribution in [-0.4, -0.2) is 133 Å². The summed E-state index contributed by atoms with van der Waals surface area (Å²) in [5, 5.41) is 44.1. The van der Waals surface area contributed by atoms with Crippen LogP contribution in [0.15, 0.2) is 97.1 Å². The largest absolute Gasteiger partial charge is 0.508 e. The van der Waals surface area contributed by atoms with Gasteiger partial charge in [-0.2, -0.15) is 0 Å². The molecule has 2 aliphatic rings. The van der Waals surface area contributed by atoms with Crippen molar-refractivity contribution >= 4 is 41.4 Å². The second-order valence-electron chi connectivity index (χ2n) is 22.3. The summed E-state index contributed by atoms with van der Waals surface area (Å²) in [4.78, 5) is 99.0. The first-order valence-corrected chi connectivity index (χ1v) is 28.0. The number of nitrogens with zero attached hydrogens (tertiary/aromatic N) is 4. The molecule has 5 aromatic rings. The second kappa shape index (κ2) is 27.4. The molecule has 0 spiro atoms. The number of alkyl carbamates (subject to hydrolysis) is 1. The normalized spacial score (nSPS) is 16.7. The van der Waals surface area contributed by atoms with Crippen molar-refractivity contribution in [3.05, 3.63) is 125 Å². The number of carbonyl (C=O) groups is 7. The molecular formula is C61H77N9O11. The van der Waals surface area contributed by atoms with Crippen LogP contribution >= 0.6 is 0 Å². The quantitative estimate of drug-likeness (QED) is 0.0300. The third kappa shape index (κ3) is 16.0. The number of phenolic OH excluding ortho intramolecular Hbond substituents is 2. The Bertz CT molecular complexity index is 3010. The lowest BCUT2D eigenvalue weighted by molar-refractivity contribution is -0.134. The van der Waals surface area contributed by atoms with Gasteiger partial charge in [-0.05, 0) is 104 Å². The van der Waals surface area contributed by atoms with Gasteiger partial charge in [0, 0.05) is 56.2 Å². The maximum absolute atomic E-state index is 14.4. The van der Waals surface area contributed by atoms with Crippen LogP contribution in [0, 0.1) is 11.8 Å². The van der Waals surface area contributed by atoms with E-state index in [1.807, 2.05) is 102 Å². The van der Waals surface area contributed by atoms with Crippen LogP contribution in [0.5, 0.6) is 11.5 Å². The van der Waals surface area contributed by atoms with Gasteiger partial charge in [0.15, 0.2) is 11.6 Å². The van der Waals surface area contributed by atoms with Crippen molar-refractivity contribution < 1.29 is 53.2 Å². The molecule has 20 heteroatoms. The van der Waals surface area contributed by atoms with Gasteiger partial charge >= 0.3 is 6.09 Å². The number of amides is 6. The Kier molecular flexibility index (Phi) is 20.4. The molecule has 5 atom stereocenters. The van der Waals surface area contributed by atoms with Gasteiger partial charge in [-0.15, -0.1) is 10.2 Å². The number of epoxide rings is 1. The van der Waals surface area contributed by atoms with Gasteiger partial charge in [0.05, 0.1) is 18.2 Å². The summed E-state index contributed by atoms with van der Waals surface area (Å²) in [7, 11) is 0. The maximum Gasteiger partial charge on any atom is 0.408 e. The van der Waals surface area contributed by atoms with Gasteiger partial charge in [-0.3, -0.25) is 33.3 Å². The number of aromatic hydroxyl groups is 2. The molecule has 2 aliphatic heterocycles. The third-order valence-electron chi connectivity index (χ3n) is 14.5. The number of carbonyl (C=O) groups excluding carboxylic acids is 7. The topological polar surface area (TPSA) is 276 Å². The van der Waals surface area contributed by atoms with Crippen molar-refractivity contribution in [3.8, 4) is 28.6 Å². The van der Waals surface area contributed by atoms with Crippen molar-refractivity contribution in [2.45, 2.75) is 142 Å². The van der Waals surface area contributed by atoms with E-state index in [4.69, 9.17) is 9.47 Å².